The molecule has 0 fully saturated rings. The number of carbonyl (C=O) groups excluding carboxylic acids is 1. The molecule has 0 aliphatic carbocycles. The van der Waals surface area contributed by atoms with E-state index in [1.54, 1.807) is 0 Å². The highest BCUT2D eigenvalue weighted by Crippen LogP contribution is 2.29. The fraction of sp³-hybridized carbons (Fsp3) is 0.125. The highest BCUT2D eigenvalue weighted by Gasteiger charge is 2.24. The van der Waals surface area contributed by atoms with Crippen LogP contribution in [-0.2, 0) is 0 Å². The van der Waals surface area contributed by atoms with Gasteiger partial charge in [-0.1, -0.05) is 0 Å². The van der Waals surface area contributed by atoms with E-state index in [4.69, 9.17) is 22.6 Å². The molecule has 1 heterocycles. The van der Waals surface area contributed by atoms with Gasteiger partial charge in [0, 0.05) is 0 Å². The lowest BCUT2D eigenvalue weighted by Gasteiger charge is -2.08. The highest BCUT2D eigenvalue weighted by molar-refractivity contribution is 6.68. The lowest BCUT2D eigenvalue weighted by molar-refractivity contribution is 0.106. The topological polar surface area (TPSA) is 79.8 Å². The number of aromatic nitrogens is 1. The largest absolute Gasteiger partial charge is 0.397 e. The van der Waals surface area contributed by atoms with Crippen molar-refractivity contribution in [2.75, 3.05) is 5.73 Å². The summed E-state index contributed by atoms with van der Waals surface area (Å²) in [7, 11) is 0. The standard InChI is InChI=1S/C8H4ClF2N3O/c9-7(15)5-3(13)2-14-4(1-12)6(5)8(10)11/h2,8H,13H2. The minimum absolute atomic E-state index is 0.274. The van der Waals surface area contributed by atoms with Crippen LogP contribution in [0.25, 0.3) is 0 Å². The van der Waals surface area contributed by atoms with Crippen LogP contribution in [0.4, 0.5) is 14.5 Å². The first-order chi connectivity index (χ1) is 6.99. The lowest BCUT2D eigenvalue weighted by atomic mass is 10.1. The van der Waals surface area contributed by atoms with Crippen LogP contribution < -0.4 is 5.73 Å². The molecule has 7 heteroatoms. The first-order valence-electron chi connectivity index (χ1n) is 3.65. The third kappa shape index (κ3) is 2.02. The van der Waals surface area contributed by atoms with Gasteiger partial charge >= 0.3 is 0 Å². The Bertz CT molecular complexity index is 456. The van der Waals surface area contributed by atoms with Crippen LogP contribution in [0.5, 0.6) is 0 Å². The van der Waals surface area contributed by atoms with E-state index in [0.717, 1.165) is 6.20 Å². The fourth-order valence-corrected chi connectivity index (χ4v) is 1.27. The lowest BCUT2D eigenvalue weighted by Crippen LogP contribution is -2.08. The average Bonchev–Trinajstić information content (AvgIpc) is 2.16. The number of hydrogen-bond donors (Lipinski definition) is 1. The van der Waals surface area contributed by atoms with Crippen molar-refractivity contribution in [3.05, 3.63) is 23.0 Å². The minimum atomic E-state index is -3.03. The summed E-state index contributed by atoms with van der Waals surface area (Å²) < 4.78 is 25.1. The molecule has 0 radical (unpaired) electrons. The van der Waals surface area contributed by atoms with Crippen LogP contribution in [0, 0.1) is 11.3 Å². The number of alkyl halides is 2. The van der Waals surface area contributed by atoms with Gasteiger partial charge in [0.25, 0.3) is 11.7 Å². The van der Waals surface area contributed by atoms with E-state index in [0.29, 0.717) is 0 Å². The molecule has 0 aliphatic heterocycles. The number of nitriles is 1. The van der Waals surface area contributed by atoms with Gasteiger partial charge in [-0.2, -0.15) is 5.26 Å². The maximum atomic E-state index is 12.6. The summed E-state index contributed by atoms with van der Waals surface area (Å²) in [5.74, 6) is 0. The van der Waals surface area contributed by atoms with Crippen LogP contribution in [0.2, 0.25) is 0 Å². The Morgan fingerprint density at radius 1 is 1.67 bits per heavy atom. The monoisotopic (exact) mass is 231 g/mol. The number of nitrogens with zero attached hydrogens (tertiary/aromatic N) is 2. The third-order valence-corrected chi connectivity index (χ3v) is 1.86. The molecule has 1 aromatic heterocycles. The zero-order valence-corrected chi connectivity index (χ0v) is 7.92. The zero-order valence-electron chi connectivity index (χ0n) is 7.17. The molecule has 0 saturated carbocycles. The van der Waals surface area contributed by atoms with Gasteiger partial charge in [-0.05, 0) is 11.6 Å². The predicted octanol–water partition coefficient (Wildman–Crippen LogP) is 1.85. The summed E-state index contributed by atoms with van der Waals surface area (Å²) in [6.07, 6.45) is -2.09. The SMILES string of the molecule is N#Cc1ncc(N)c(C(=O)Cl)c1C(F)F. The summed E-state index contributed by atoms with van der Waals surface area (Å²) in [6, 6.07) is 1.44. The summed E-state index contributed by atoms with van der Waals surface area (Å²) in [6.45, 7) is 0. The highest BCUT2D eigenvalue weighted by atomic mass is 35.5. The zero-order chi connectivity index (χ0) is 11.6. The van der Waals surface area contributed by atoms with Crippen LogP contribution in [-0.4, -0.2) is 10.2 Å². The van der Waals surface area contributed by atoms with Crippen molar-refractivity contribution in [1.82, 2.24) is 4.98 Å². The van der Waals surface area contributed by atoms with Gasteiger partial charge in [-0.15, -0.1) is 0 Å². The Hall–Kier alpha value is -1.74. The molecule has 0 bridgehead atoms. The normalized spacial score (nSPS) is 10.1. The molecule has 0 amide bonds. The molecular weight excluding hydrogens is 228 g/mol. The maximum Gasteiger partial charge on any atom is 0.267 e. The van der Waals surface area contributed by atoms with Gasteiger partial charge in [-0.3, -0.25) is 4.79 Å². The van der Waals surface area contributed by atoms with Gasteiger partial charge in [0.1, 0.15) is 11.8 Å². The number of nitrogen functional groups attached to an aromatic ring is 1. The van der Waals surface area contributed by atoms with Crippen LogP contribution in [0.3, 0.4) is 0 Å². The predicted molar refractivity (Wildman–Crippen MR) is 48.5 cm³/mol. The molecule has 1 aromatic rings. The summed E-state index contributed by atoms with van der Waals surface area (Å²) in [5.41, 5.74) is 3.07. The molecule has 15 heavy (non-hydrogen) atoms. The van der Waals surface area contributed by atoms with Gasteiger partial charge < -0.3 is 5.73 Å². The van der Waals surface area contributed by atoms with Gasteiger partial charge in [0.05, 0.1) is 23.0 Å². The molecule has 0 atom stereocenters. The van der Waals surface area contributed by atoms with Crippen LogP contribution in [0.1, 0.15) is 28.0 Å². The summed E-state index contributed by atoms with van der Waals surface area (Å²) in [5, 5.41) is 7.39. The molecule has 78 valence electrons. The van der Waals surface area contributed by atoms with Crippen molar-refractivity contribution in [3.63, 3.8) is 0 Å². The number of halogens is 3. The first kappa shape index (κ1) is 11.3. The van der Waals surface area contributed by atoms with Crippen molar-refractivity contribution in [3.8, 4) is 6.07 Å². The molecule has 1 rings (SSSR count). The number of rotatable bonds is 2. The van der Waals surface area contributed by atoms with E-state index in [9.17, 15) is 13.6 Å². The molecule has 0 unspecified atom stereocenters. The van der Waals surface area contributed by atoms with Crippen molar-refractivity contribution in [2.24, 2.45) is 0 Å². The van der Waals surface area contributed by atoms with E-state index in [1.165, 1.54) is 6.07 Å². The van der Waals surface area contributed by atoms with E-state index in [2.05, 4.69) is 4.98 Å². The van der Waals surface area contributed by atoms with E-state index in [1.807, 2.05) is 0 Å². The fourth-order valence-electron chi connectivity index (χ4n) is 1.06. The van der Waals surface area contributed by atoms with Crippen molar-refractivity contribution in [1.29, 1.82) is 5.26 Å². The van der Waals surface area contributed by atoms with Crippen molar-refractivity contribution in [2.45, 2.75) is 6.43 Å². The molecule has 2 N–H and O–H groups in total. The van der Waals surface area contributed by atoms with Crippen LogP contribution >= 0.6 is 11.6 Å². The number of nitrogens with two attached hydrogens (primary N) is 1. The van der Waals surface area contributed by atoms with Crippen molar-refractivity contribution < 1.29 is 13.6 Å². The average molecular weight is 232 g/mol. The molecule has 0 aromatic carbocycles. The smallest absolute Gasteiger partial charge is 0.267 e. The third-order valence-electron chi connectivity index (χ3n) is 1.67. The Balaban J connectivity index is 3.60. The second-order valence-corrected chi connectivity index (χ2v) is 2.88. The van der Waals surface area contributed by atoms with E-state index >= 15 is 0 Å². The Labute approximate surface area is 88.3 Å². The second kappa shape index (κ2) is 4.19. The molecule has 0 spiro atoms. The van der Waals surface area contributed by atoms with Gasteiger partial charge in [0.2, 0.25) is 0 Å². The number of anilines is 1. The quantitative estimate of drug-likeness (QED) is 0.788. The van der Waals surface area contributed by atoms with E-state index < -0.39 is 28.5 Å². The van der Waals surface area contributed by atoms with Crippen LogP contribution in [0.15, 0.2) is 6.20 Å². The number of pyridine rings is 1. The summed E-state index contributed by atoms with van der Waals surface area (Å²) in [4.78, 5) is 14.3. The van der Waals surface area contributed by atoms with Gasteiger partial charge in [0.15, 0.2) is 0 Å². The minimum Gasteiger partial charge on any atom is -0.397 e. The Kier molecular flexibility index (Phi) is 3.17. The van der Waals surface area contributed by atoms with Crippen molar-refractivity contribution >= 4 is 22.5 Å². The maximum absolute atomic E-state index is 12.6. The first-order valence-corrected chi connectivity index (χ1v) is 4.03. The molecule has 4 nitrogen and oxygen atoms in total. The summed E-state index contributed by atoms with van der Waals surface area (Å²) >= 11 is 5.10. The molecule has 0 saturated heterocycles. The second-order valence-electron chi connectivity index (χ2n) is 2.54. The van der Waals surface area contributed by atoms with E-state index in [-0.39, 0.29) is 5.69 Å². The molecule has 0 aliphatic rings. The number of carbonyl (C=O) groups is 1. The molecular formula is C8H4ClF2N3O. The van der Waals surface area contributed by atoms with Gasteiger partial charge in [-0.25, -0.2) is 13.8 Å². The number of hydrogen-bond acceptors (Lipinski definition) is 4. The Morgan fingerprint density at radius 2 is 2.27 bits per heavy atom. The Morgan fingerprint density at radius 3 is 2.67 bits per heavy atom.